The van der Waals surface area contributed by atoms with E-state index in [1.54, 1.807) is 19.2 Å². The van der Waals surface area contributed by atoms with Crippen LogP contribution in [0, 0.1) is 0 Å². The van der Waals surface area contributed by atoms with Crippen molar-refractivity contribution in [2.45, 2.75) is 13.1 Å². The number of carbonyl (C=O) groups is 1. The van der Waals surface area contributed by atoms with Gasteiger partial charge in [0.2, 0.25) is 0 Å². The Morgan fingerprint density at radius 3 is 2.43 bits per heavy atom. The van der Waals surface area contributed by atoms with Crippen molar-refractivity contribution in [1.29, 1.82) is 0 Å². The molecule has 2 aromatic rings. The van der Waals surface area contributed by atoms with E-state index in [1.165, 1.54) is 0 Å². The predicted octanol–water partition coefficient (Wildman–Crippen LogP) is 3.64. The second kappa shape index (κ2) is 7.46. The van der Waals surface area contributed by atoms with Gasteiger partial charge in [-0.15, -0.1) is 0 Å². The molecule has 0 aromatic heterocycles. The minimum Gasteiger partial charge on any atom is -0.355 e. The highest BCUT2D eigenvalue weighted by atomic mass is 35.5. The van der Waals surface area contributed by atoms with Gasteiger partial charge < -0.3 is 10.6 Å². The molecule has 0 spiro atoms. The summed E-state index contributed by atoms with van der Waals surface area (Å²) < 4.78 is 0. The highest BCUT2D eigenvalue weighted by Crippen LogP contribution is 2.20. The molecule has 21 heavy (non-hydrogen) atoms. The van der Waals surface area contributed by atoms with Gasteiger partial charge in [-0.3, -0.25) is 4.79 Å². The highest BCUT2D eigenvalue weighted by molar-refractivity contribution is 6.33. The van der Waals surface area contributed by atoms with Crippen molar-refractivity contribution in [3.8, 4) is 0 Å². The minimum absolute atomic E-state index is 0.0831. The summed E-state index contributed by atoms with van der Waals surface area (Å²) in [6, 6.07) is 12.9. The number of carbonyl (C=O) groups excluding carboxylic acids is 1. The fourth-order valence-electron chi connectivity index (χ4n) is 1.94. The van der Waals surface area contributed by atoms with Crippen LogP contribution in [0.4, 0.5) is 0 Å². The first-order valence-corrected chi connectivity index (χ1v) is 7.31. The lowest BCUT2D eigenvalue weighted by Gasteiger charge is -2.08. The van der Waals surface area contributed by atoms with Crippen LogP contribution >= 0.6 is 23.2 Å². The Morgan fingerprint density at radius 2 is 1.76 bits per heavy atom. The molecule has 0 aliphatic heterocycles. The Hall–Kier alpha value is -1.55. The standard InChI is InChI=1S/C16H16Cl2N2O/c1-19-16(21)12-4-2-11(3-5-12)9-20-10-13-8-14(17)6-7-15(13)18/h2-8,20H,9-10H2,1H3,(H,19,21). The maximum absolute atomic E-state index is 11.4. The molecule has 0 radical (unpaired) electrons. The van der Waals surface area contributed by atoms with Gasteiger partial charge in [0.25, 0.3) is 5.91 Å². The second-order valence-corrected chi connectivity index (χ2v) is 5.46. The number of hydrogen-bond donors (Lipinski definition) is 2. The molecule has 0 atom stereocenters. The van der Waals surface area contributed by atoms with Crippen LogP contribution in [0.2, 0.25) is 10.0 Å². The summed E-state index contributed by atoms with van der Waals surface area (Å²) in [7, 11) is 1.62. The van der Waals surface area contributed by atoms with Gasteiger partial charge in [0.05, 0.1) is 0 Å². The van der Waals surface area contributed by atoms with Crippen molar-refractivity contribution in [2.24, 2.45) is 0 Å². The smallest absolute Gasteiger partial charge is 0.251 e. The lowest BCUT2D eigenvalue weighted by atomic mass is 10.1. The fraction of sp³-hybridized carbons (Fsp3) is 0.188. The van der Waals surface area contributed by atoms with Crippen molar-refractivity contribution in [1.82, 2.24) is 10.6 Å². The molecule has 1 amide bonds. The van der Waals surface area contributed by atoms with Gasteiger partial charge in [-0.25, -0.2) is 0 Å². The predicted molar refractivity (Wildman–Crippen MR) is 86.8 cm³/mol. The van der Waals surface area contributed by atoms with E-state index in [2.05, 4.69) is 10.6 Å². The summed E-state index contributed by atoms with van der Waals surface area (Å²) in [5, 5.41) is 7.27. The zero-order valence-corrected chi connectivity index (χ0v) is 13.1. The molecule has 2 rings (SSSR count). The van der Waals surface area contributed by atoms with Crippen molar-refractivity contribution < 1.29 is 4.79 Å². The summed E-state index contributed by atoms with van der Waals surface area (Å²) >= 11 is 12.1. The maximum Gasteiger partial charge on any atom is 0.251 e. The summed E-state index contributed by atoms with van der Waals surface area (Å²) in [5.41, 5.74) is 2.71. The molecule has 0 bridgehead atoms. The Morgan fingerprint density at radius 1 is 1.05 bits per heavy atom. The van der Waals surface area contributed by atoms with Gasteiger partial charge >= 0.3 is 0 Å². The van der Waals surface area contributed by atoms with Gasteiger partial charge in [0, 0.05) is 35.7 Å². The molecule has 0 heterocycles. The van der Waals surface area contributed by atoms with E-state index >= 15 is 0 Å². The third-order valence-corrected chi connectivity index (χ3v) is 3.70. The summed E-state index contributed by atoms with van der Waals surface area (Å²) in [6.07, 6.45) is 0. The van der Waals surface area contributed by atoms with E-state index in [0.29, 0.717) is 28.7 Å². The number of amides is 1. The van der Waals surface area contributed by atoms with Crippen LogP contribution in [0.5, 0.6) is 0 Å². The van der Waals surface area contributed by atoms with Gasteiger partial charge in [0.1, 0.15) is 0 Å². The average Bonchev–Trinajstić information content (AvgIpc) is 2.50. The van der Waals surface area contributed by atoms with Crippen molar-refractivity contribution >= 4 is 29.1 Å². The normalized spacial score (nSPS) is 10.4. The molecule has 0 unspecified atom stereocenters. The van der Waals surface area contributed by atoms with Crippen LogP contribution in [0.1, 0.15) is 21.5 Å². The van der Waals surface area contributed by atoms with Crippen molar-refractivity contribution in [2.75, 3.05) is 7.05 Å². The first kappa shape index (κ1) is 15.8. The number of halogens is 2. The van der Waals surface area contributed by atoms with Crippen LogP contribution in [0.3, 0.4) is 0 Å². The number of hydrogen-bond acceptors (Lipinski definition) is 2. The molecule has 3 nitrogen and oxygen atoms in total. The molecule has 2 aromatic carbocycles. The molecule has 2 N–H and O–H groups in total. The Kier molecular flexibility index (Phi) is 5.62. The van der Waals surface area contributed by atoms with E-state index < -0.39 is 0 Å². The largest absolute Gasteiger partial charge is 0.355 e. The SMILES string of the molecule is CNC(=O)c1ccc(CNCc2cc(Cl)ccc2Cl)cc1. The second-order valence-electron chi connectivity index (χ2n) is 4.62. The fourth-order valence-corrected chi connectivity index (χ4v) is 2.32. The van der Waals surface area contributed by atoms with Gasteiger partial charge in [0.15, 0.2) is 0 Å². The van der Waals surface area contributed by atoms with Gasteiger partial charge in [-0.05, 0) is 41.5 Å². The first-order valence-electron chi connectivity index (χ1n) is 6.56. The zero-order chi connectivity index (χ0) is 15.2. The Bertz CT molecular complexity index is 627. The van der Waals surface area contributed by atoms with Crippen LogP contribution < -0.4 is 10.6 Å². The van der Waals surface area contributed by atoms with Gasteiger partial charge in [-0.2, -0.15) is 0 Å². The van der Waals surface area contributed by atoms with Crippen molar-refractivity contribution in [3.05, 3.63) is 69.2 Å². The molecular weight excluding hydrogens is 307 g/mol. The molecular formula is C16H16Cl2N2O. The van der Waals surface area contributed by atoms with E-state index in [1.807, 2.05) is 30.3 Å². The highest BCUT2D eigenvalue weighted by Gasteiger charge is 2.03. The Balaban J connectivity index is 1.91. The van der Waals surface area contributed by atoms with E-state index in [0.717, 1.165) is 11.1 Å². The van der Waals surface area contributed by atoms with E-state index in [9.17, 15) is 4.79 Å². The summed E-state index contributed by atoms with van der Waals surface area (Å²) in [4.78, 5) is 11.4. The Labute approximate surface area is 134 Å². The lowest BCUT2D eigenvalue weighted by Crippen LogP contribution is -2.18. The monoisotopic (exact) mass is 322 g/mol. The zero-order valence-electron chi connectivity index (χ0n) is 11.6. The molecule has 5 heteroatoms. The van der Waals surface area contributed by atoms with Crippen LogP contribution in [-0.4, -0.2) is 13.0 Å². The number of nitrogens with one attached hydrogen (secondary N) is 2. The van der Waals surface area contributed by atoms with Crippen LogP contribution in [0.15, 0.2) is 42.5 Å². The third kappa shape index (κ3) is 4.46. The van der Waals surface area contributed by atoms with Gasteiger partial charge in [-0.1, -0.05) is 35.3 Å². The number of benzene rings is 2. The summed E-state index contributed by atoms with van der Waals surface area (Å²) in [6.45, 7) is 1.33. The van der Waals surface area contributed by atoms with E-state index in [4.69, 9.17) is 23.2 Å². The average molecular weight is 323 g/mol. The summed E-state index contributed by atoms with van der Waals surface area (Å²) in [5.74, 6) is -0.0831. The maximum atomic E-state index is 11.4. The quantitative estimate of drug-likeness (QED) is 0.882. The molecule has 0 fully saturated rings. The molecule has 0 aliphatic rings. The minimum atomic E-state index is -0.0831. The molecule has 0 saturated heterocycles. The molecule has 0 aliphatic carbocycles. The third-order valence-electron chi connectivity index (χ3n) is 3.10. The van der Waals surface area contributed by atoms with Crippen LogP contribution in [0.25, 0.3) is 0 Å². The topological polar surface area (TPSA) is 41.1 Å². The molecule has 110 valence electrons. The molecule has 0 saturated carbocycles. The van der Waals surface area contributed by atoms with E-state index in [-0.39, 0.29) is 5.91 Å². The van der Waals surface area contributed by atoms with Crippen molar-refractivity contribution in [3.63, 3.8) is 0 Å². The lowest BCUT2D eigenvalue weighted by molar-refractivity contribution is 0.0963. The first-order chi connectivity index (χ1) is 10.1. The van der Waals surface area contributed by atoms with Crippen LogP contribution in [-0.2, 0) is 13.1 Å². The number of rotatable bonds is 5.